The van der Waals surface area contributed by atoms with E-state index in [0.29, 0.717) is 11.7 Å². The van der Waals surface area contributed by atoms with Gasteiger partial charge in [0.25, 0.3) is 0 Å². The van der Waals surface area contributed by atoms with Gasteiger partial charge in [-0.25, -0.2) is 0 Å². The summed E-state index contributed by atoms with van der Waals surface area (Å²) in [5.74, 6) is 1.07. The van der Waals surface area contributed by atoms with Crippen LogP contribution in [0.25, 0.3) is 17.1 Å². The van der Waals surface area contributed by atoms with E-state index in [1.165, 1.54) is 4.80 Å². The number of hydrogen-bond donors (Lipinski definition) is 0. The number of rotatable bonds is 3. The van der Waals surface area contributed by atoms with Crippen molar-refractivity contribution < 1.29 is 0 Å². The van der Waals surface area contributed by atoms with Crippen LogP contribution in [0.4, 0.5) is 0 Å². The monoisotopic (exact) mass is 348 g/mol. The van der Waals surface area contributed by atoms with Crippen LogP contribution in [-0.4, -0.2) is 20.2 Å². The Morgan fingerprint density at radius 1 is 1.10 bits per heavy atom. The Kier molecular flexibility index (Phi) is 3.80. The van der Waals surface area contributed by atoms with Gasteiger partial charge in [0.05, 0.1) is 0 Å². The van der Waals surface area contributed by atoms with Gasteiger partial charge in [0.1, 0.15) is 5.69 Å². The summed E-state index contributed by atoms with van der Waals surface area (Å²) in [6.45, 7) is 0. The Morgan fingerprint density at radius 3 is 2.60 bits per heavy atom. The molecule has 20 heavy (non-hydrogen) atoms. The van der Waals surface area contributed by atoms with E-state index in [0.717, 1.165) is 21.3 Å². The van der Waals surface area contributed by atoms with Crippen molar-refractivity contribution in [2.45, 2.75) is 5.88 Å². The smallest absolute Gasteiger partial charge is 0.129 e. The summed E-state index contributed by atoms with van der Waals surface area (Å²) >= 11 is 9.31. The van der Waals surface area contributed by atoms with E-state index >= 15 is 0 Å². The summed E-state index contributed by atoms with van der Waals surface area (Å²) in [4.78, 5) is 1.50. The van der Waals surface area contributed by atoms with Crippen LogP contribution in [0, 0.1) is 0 Å². The second-order valence-electron chi connectivity index (χ2n) is 4.19. The van der Waals surface area contributed by atoms with Gasteiger partial charge in [-0.15, -0.1) is 26.6 Å². The number of alkyl halides is 1. The summed E-state index contributed by atoms with van der Waals surface area (Å²) in [5.41, 5.74) is 2.80. The minimum Gasteiger partial charge on any atom is -0.129 e. The first kappa shape index (κ1) is 13.3. The molecule has 100 valence electrons. The molecule has 0 radical (unpaired) electrons. The highest BCUT2D eigenvalue weighted by Crippen LogP contribution is 2.23. The minimum atomic E-state index is 0.471. The minimum absolute atomic E-state index is 0.471. The standard InChI is InChI=1S/C14H10BrClN4/c15-12-8-10(9-16)6-7-13(12)20-18-14(17-19-20)11-4-2-1-3-5-11/h1-8H,9H2. The van der Waals surface area contributed by atoms with E-state index in [9.17, 15) is 0 Å². The largest absolute Gasteiger partial charge is 0.205 e. The molecule has 3 rings (SSSR count). The Bertz CT molecular complexity index is 727. The van der Waals surface area contributed by atoms with Crippen molar-refractivity contribution >= 4 is 27.5 Å². The van der Waals surface area contributed by atoms with Gasteiger partial charge in [0.2, 0.25) is 5.82 Å². The molecule has 0 atom stereocenters. The van der Waals surface area contributed by atoms with Crippen LogP contribution in [0.2, 0.25) is 0 Å². The second-order valence-corrected chi connectivity index (χ2v) is 5.31. The fourth-order valence-electron chi connectivity index (χ4n) is 1.81. The maximum absolute atomic E-state index is 5.81. The van der Waals surface area contributed by atoms with Gasteiger partial charge >= 0.3 is 0 Å². The number of hydrogen-bond acceptors (Lipinski definition) is 3. The topological polar surface area (TPSA) is 43.6 Å². The summed E-state index contributed by atoms with van der Waals surface area (Å²) in [6.07, 6.45) is 0. The van der Waals surface area contributed by atoms with E-state index in [1.807, 2.05) is 48.5 Å². The molecule has 0 aliphatic carbocycles. The molecule has 0 saturated carbocycles. The Hall–Kier alpha value is -1.72. The quantitative estimate of drug-likeness (QED) is 0.675. The van der Waals surface area contributed by atoms with Crippen molar-refractivity contribution in [3.63, 3.8) is 0 Å². The summed E-state index contributed by atoms with van der Waals surface area (Å²) in [5, 5.41) is 12.6. The molecule has 0 aliphatic heterocycles. The lowest BCUT2D eigenvalue weighted by atomic mass is 10.2. The average Bonchev–Trinajstić information content (AvgIpc) is 2.97. The Morgan fingerprint density at radius 2 is 1.90 bits per heavy atom. The Labute approximate surface area is 129 Å². The van der Waals surface area contributed by atoms with Gasteiger partial charge in [-0.2, -0.15) is 0 Å². The zero-order chi connectivity index (χ0) is 13.9. The third-order valence-electron chi connectivity index (χ3n) is 2.83. The highest BCUT2D eigenvalue weighted by Gasteiger charge is 2.09. The zero-order valence-corrected chi connectivity index (χ0v) is 12.7. The molecule has 0 saturated heterocycles. The maximum atomic E-state index is 5.81. The molecule has 0 aliphatic rings. The SMILES string of the molecule is ClCc1ccc(-n2nnc(-c3ccccc3)n2)c(Br)c1. The van der Waals surface area contributed by atoms with Crippen LogP contribution in [0.1, 0.15) is 5.56 Å². The van der Waals surface area contributed by atoms with Crippen LogP contribution >= 0.6 is 27.5 Å². The summed E-state index contributed by atoms with van der Waals surface area (Å²) in [7, 11) is 0. The van der Waals surface area contributed by atoms with Gasteiger partial charge in [-0.3, -0.25) is 0 Å². The van der Waals surface area contributed by atoms with Crippen LogP contribution in [0.5, 0.6) is 0 Å². The molecule has 0 fully saturated rings. The fourth-order valence-corrected chi connectivity index (χ4v) is 2.57. The molecule has 3 aromatic rings. The highest BCUT2D eigenvalue weighted by molar-refractivity contribution is 9.10. The highest BCUT2D eigenvalue weighted by atomic mass is 79.9. The fraction of sp³-hybridized carbons (Fsp3) is 0.0714. The first-order valence-corrected chi connectivity index (χ1v) is 7.31. The molecule has 0 bridgehead atoms. The molecule has 2 aromatic carbocycles. The molecule has 0 amide bonds. The van der Waals surface area contributed by atoms with Crippen molar-refractivity contribution in [2.75, 3.05) is 0 Å². The van der Waals surface area contributed by atoms with E-state index in [4.69, 9.17) is 11.6 Å². The Balaban J connectivity index is 1.98. The van der Waals surface area contributed by atoms with Crippen molar-refractivity contribution in [2.24, 2.45) is 0 Å². The first-order valence-electron chi connectivity index (χ1n) is 5.98. The maximum Gasteiger partial charge on any atom is 0.205 e. The molecule has 1 aromatic heterocycles. The first-order chi connectivity index (χ1) is 9.78. The second kappa shape index (κ2) is 5.73. The van der Waals surface area contributed by atoms with Crippen LogP contribution < -0.4 is 0 Å². The van der Waals surface area contributed by atoms with Gasteiger partial charge < -0.3 is 0 Å². The number of aromatic nitrogens is 4. The molecule has 0 spiro atoms. The number of benzene rings is 2. The van der Waals surface area contributed by atoms with Crippen molar-refractivity contribution in [3.8, 4) is 17.1 Å². The van der Waals surface area contributed by atoms with Crippen LogP contribution in [0.15, 0.2) is 53.0 Å². The van der Waals surface area contributed by atoms with E-state index in [-0.39, 0.29) is 0 Å². The van der Waals surface area contributed by atoms with Gasteiger partial charge in [-0.1, -0.05) is 36.4 Å². The van der Waals surface area contributed by atoms with Crippen molar-refractivity contribution in [1.82, 2.24) is 20.2 Å². The van der Waals surface area contributed by atoms with E-state index < -0.39 is 0 Å². The predicted octanol–water partition coefficient (Wildman–Crippen LogP) is 3.83. The molecule has 1 heterocycles. The predicted molar refractivity (Wildman–Crippen MR) is 81.8 cm³/mol. The third kappa shape index (κ3) is 2.59. The van der Waals surface area contributed by atoms with E-state index in [1.54, 1.807) is 0 Å². The number of halogens is 2. The van der Waals surface area contributed by atoms with Gasteiger partial charge in [-0.05, 0) is 38.8 Å². The molecular weight excluding hydrogens is 340 g/mol. The normalized spacial score (nSPS) is 10.7. The lowest BCUT2D eigenvalue weighted by molar-refractivity contribution is 0.717. The molecule has 4 nitrogen and oxygen atoms in total. The molecule has 0 N–H and O–H groups in total. The lowest BCUT2D eigenvalue weighted by Gasteiger charge is -2.03. The zero-order valence-electron chi connectivity index (χ0n) is 10.4. The average molecular weight is 350 g/mol. The molecular formula is C14H10BrClN4. The number of nitrogens with zero attached hydrogens (tertiary/aromatic N) is 4. The van der Waals surface area contributed by atoms with Crippen molar-refractivity contribution in [3.05, 3.63) is 58.6 Å². The lowest BCUT2D eigenvalue weighted by Crippen LogP contribution is -2.00. The molecule has 6 heteroatoms. The number of tetrazole rings is 1. The van der Waals surface area contributed by atoms with Crippen molar-refractivity contribution in [1.29, 1.82) is 0 Å². The summed E-state index contributed by atoms with van der Waals surface area (Å²) < 4.78 is 0.882. The third-order valence-corrected chi connectivity index (χ3v) is 3.77. The van der Waals surface area contributed by atoms with E-state index in [2.05, 4.69) is 31.3 Å². The van der Waals surface area contributed by atoms with Crippen LogP contribution in [0.3, 0.4) is 0 Å². The van der Waals surface area contributed by atoms with Gasteiger partial charge in [0, 0.05) is 15.9 Å². The summed E-state index contributed by atoms with van der Waals surface area (Å²) in [6, 6.07) is 15.6. The van der Waals surface area contributed by atoms with Gasteiger partial charge in [0.15, 0.2) is 0 Å². The molecule has 0 unspecified atom stereocenters. The van der Waals surface area contributed by atoms with Crippen LogP contribution in [-0.2, 0) is 5.88 Å².